The van der Waals surface area contributed by atoms with Gasteiger partial charge in [0, 0.05) is 22.0 Å². The molecule has 3 rings (SSSR count). The van der Waals surface area contributed by atoms with Crippen molar-refractivity contribution in [1.29, 1.82) is 0 Å². The Morgan fingerprint density at radius 3 is 2.68 bits per heavy atom. The average Bonchev–Trinajstić information content (AvgIpc) is 3.10. The zero-order valence-corrected chi connectivity index (χ0v) is 12.2. The number of halogens is 1. The highest BCUT2D eigenvalue weighted by Gasteiger charge is 2.49. The van der Waals surface area contributed by atoms with Crippen molar-refractivity contribution >= 4 is 11.6 Å². The molecule has 2 aliphatic rings. The summed E-state index contributed by atoms with van der Waals surface area (Å²) < 4.78 is 6.06. The van der Waals surface area contributed by atoms with Crippen molar-refractivity contribution in [1.82, 2.24) is 0 Å². The van der Waals surface area contributed by atoms with Gasteiger partial charge in [-0.05, 0) is 56.7 Å². The van der Waals surface area contributed by atoms with Crippen LogP contribution in [0.25, 0.3) is 0 Å². The van der Waals surface area contributed by atoms with Gasteiger partial charge in [0.2, 0.25) is 0 Å². The van der Waals surface area contributed by atoms with Crippen molar-refractivity contribution in [3.63, 3.8) is 0 Å². The van der Waals surface area contributed by atoms with Crippen LogP contribution in [0.5, 0.6) is 5.75 Å². The van der Waals surface area contributed by atoms with Crippen LogP contribution in [-0.4, -0.2) is 12.6 Å². The van der Waals surface area contributed by atoms with Crippen LogP contribution in [0.15, 0.2) is 18.2 Å². The molecular weight excluding hydrogens is 258 g/mol. The topological polar surface area (TPSA) is 35.2 Å². The van der Waals surface area contributed by atoms with Gasteiger partial charge in [-0.1, -0.05) is 18.0 Å². The Bertz CT molecular complexity index is 464. The van der Waals surface area contributed by atoms with Crippen molar-refractivity contribution in [3.8, 4) is 5.75 Å². The van der Waals surface area contributed by atoms with E-state index < -0.39 is 0 Å². The third-order valence-electron chi connectivity index (χ3n) is 4.84. The van der Waals surface area contributed by atoms with Gasteiger partial charge in [-0.2, -0.15) is 0 Å². The molecule has 2 N–H and O–H groups in total. The van der Waals surface area contributed by atoms with Crippen LogP contribution in [0.1, 0.15) is 44.6 Å². The summed E-state index contributed by atoms with van der Waals surface area (Å²) >= 11 is 6.16. The van der Waals surface area contributed by atoms with Crippen LogP contribution in [0, 0.1) is 5.92 Å². The molecule has 19 heavy (non-hydrogen) atoms. The Hall–Kier alpha value is -0.730. The zero-order chi connectivity index (χ0) is 13.5. The summed E-state index contributed by atoms with van der Waals surface area (Å²) in [6, 6.07) is 6.13. The van der Waals surface area contributed by atoms with Gasteiger partial charge in [-0.25, -0.2) is 0 Å². The summed E-state index contributed by atoms with van der Waals surface area (Å²) in [5.74, 6) is 1.74. The molecule has 2 fully saturated rings. The molecule has 1 aromatic carbocycles. The van der Waals surface area contributed by atoms with Crippen molar-refractivity contribution in [2.24, 2.45) is 11.7 Å². The maximum Gasteiger partial charge on any atom is 0.123 e. The van der Waals surface area contributed by atoms with Crippen molar-refractivity contribution in [2.45, 2.75) is 50.5 Å². The summed E-state index contributed by atoms with van der Waals surface area (Å²) in [6.07, 6.45) is 6.25. The summed E-state index contributed by atoms with van der Waals surface area (Å²) in [7, 11) is 0. The lowest BCUT2D eigenvalue weighted by Crippen LogP contribution is -2.32. The van der Waals surface area contributed by atoms with Crippen LogP contribution in [0.4, 0.5) is 0 Å². The van der Waals surface area contributed by atoms with Gasteiger partial charge < -0.3 is 10.5 Å². The van der Waals surface area contributed by atoms with E-state index in [9.17, 15) is 0 Å². The van der Waals surface area contributed by atoms with Crippen LogP contribution >= 0.6 is 11.6 Å². The summed E-state index contributed by atoms with van der Waals surface area (Å²) in [6.45, 7) is 2.92. The molecule has 0 heterocycles. The van der Waals surface area contributed by atoms with E-state index in [1.165, 1.54) is 24.8 Å². The third-order valence-corrected chi connectivity index (χ3v) is 5.07. The first-order chi connectivity index (χ1) is 9.12. The fourth-order valence-electron chi connectivity index (χ4n) is 2.99. The quantitative estimate of drug-likeness (QED) is 0.887. The van der Waals surface area contributed by atoms with Crippen molar-refractivity contribution in [3.05, 3.63) is 28.8 Å². The Morgan fingerprint density at radius 1 is 1.42 bits per heavy atom. The van der Waals surface area contributed by atoms with Crippen LogP contribution < -0.4 is 10.5 Å². The minimum Gasteiger partial charge on any atom is -0.493 e. The normalized spacial score (nSPS) is 22.7. The molecular formula is C16H22ClNO. The first-order valence-corrected chi connectivity index (χ1v) is 7.68. The highest BCUT2D eigenvalue weighted by atomic mass is 35.5. The molecule has 0 bridgehead atoms. The fraction of sp³-hybridized carbons (Fsp3) is 0.625. The highest BCUT2D eigenvalue weighted by Crippen LogP contribution is 2.53. The standard InChI is InChI=1S/C16H22ClNO/c1-11(18)16(7-8-16)14-9-13(17)5-6-15(14)19-10-12-3-2-4-12/h5-6,9,11-12H,2-4,7-8,10,18H2,1H3. The number of benzene rings is 1. The van der Waals surface area contributed by atoms with E-state index in [1.54, 1.807) is 0 Å². The Labute approximate surface area is 120 Å². The molecule has 2 saturated carbocycles. The van der Waals surface area contributed by atoms with Gasteiger partial charge in [0.25, 0.3) is 0 Å². The molecule has 2 aliphatic carbocycles. The maximum absolute atomic E-state index is 6.18. The highest BCUT2D eigenvalue weighted by molar-refractivity contribution is 6.30. The number of ether oxygens (including phenoxy) is 1. The van der Waals surface area contributed by atoms with Crippen LogP contribution in [-0.2, 0) is 5.41 Å². The molecule has 0 aliphatic heterocycles. The fourth-order valence-corrected chi connectivity index (χ4v) is 3.16. The molecule has 0 spiro atoms. The van der Waals surface area contributed by atoms with Crippen LogP contribution in [0.2, 0.25) is 5.02 Å². The molecule has 1 atom stereocenters. The maximum atomic E-state index is 6.18. The predicted octanol–water partition coefficient (Wildman–Crippen LogP) is 3.90. The van der Waals surface area contributed by atoms with Gasteiger partial charge in [0.1, 0.15) is 5.75 Å². The number of rotatable bonds is 5. The largest absolute Gasteiger partial charge is 0.493 e. The molecule has 0 aromatic heterocycles. The van der Waals surface area contributed by atoms with E-state index in [1.807, 2.05) is 18.2 Å². The molecule has 3 heteroatoms. The number of hydrogen-bond donors (Lipinski definition) is 1. The van der Waals surface area contributed by atoms with E-state index >= 15 is 0 Å². The van der Waals surface area contributed by atoms with E-state index in [0.717, 1.165) is 36.1 Å². The SMILES string of the molecule is CC(N)C1(c2cc(Cl)ccc2OCC2CCC2)CC1. The van der Waals surface area contributed by atoms with E-state index in [-0.39, 0.29) is 11.5 Å². The molecule has 0 saturated heterocycles. The first kappa shape index (κ1) is 13.3. The molecule has 2 nitrogen and oxygen atoms in total. The van der Waals surface area contributed by atoms with Gasteiger partial charge in [0.15, 0.2) is 0 Å². The summed E-state index contributed by atoms with van der Waals surface area (Å²) in [5, 5.41) is 0.776. The van der Waals surface area contributed by atoms with Gasteiger partial charge in [0.05, 0.1) is 6.61 Å². The Balaban J connectivity index is 1.82. The lowest BCUT2D eigenvalue weighted by molar-refractivity contribution is 0.178. The molecule has 1 unspecified atom stereocenters. The summed E-state index contributed by atoms with van der Waals surface area (Å²) in [5.41, 5.74) is 7.49. The molecule has 104 valence electrons. The second-order valence-electron chi connectivity index (χ2n) is 6.19. The Morgan fingerprint density at radius 2 is 2.16 bits per heavy atom. The first-order valence-electron chi connectivity index (χ1n) is 7.30. The number of hydrogen-bond acceptors (Lipinski definition) is 2. The average molecular weight is 280 g/mol. The van der Waals surface area contributed by atoms with Crippen molar-refractivity contribution < 1.29 is 4.74 Å². The van der Waals surface area contributed by atoms with E-state index in [4.69, 9.17) is 22.1 Å². The van der Waals surface area contributed by atoms with E-state index in [2.05, 4.69) is 6.92 Å². The smallest absolute Gasteiger partial charge is 0.123 e. The molecule has 1 aromatic rings. The second-order valence-corrected chi connectivity index (χ2v) is 6.63. The second kappa shape index (κ2) is 4.99. The van der Waals surface area contributed by atoms with Crippen molar-refractivity contribution in [2.75, 3.05) is 6.61 Å². The van der Waals surface area contributed by atoms with Crippen LogP contribution in [0.3, 0.4) is 0 Å². The third kappa shape index (κ3) is 2.48. The Kier molecular flexibility index (Phi) is 3.48. The minimum atomic E-state index is 0.0971. The molecule has 0 radical (unpaired) electrons. The summed E-state index contributed by atoms with van der Waals surface area (Å²) in [4.78, 5) is 0. The van der Waals surface area contributed by atoms with Gasteiger partial charge >= 0.3 is 0 Å². The van der Waals surface area contributed by atoms with Gasteiger partial charge in [-0.15, -0.1) is 0 Å². The lowest BCUT2D eigenvalue weighted by Gasteiger charge is -2.28. The lowest BCUT2D eigenvalue weighted by atomic mass is 9.86. The molecule has 0 amide bonds. The van der Waals surface area contributed by atoms with E-state index in [0.29, 0.717) is 0 Å². The zero-order valence-electron chi connectivity index (χ0n) is 11.5. The number of nitrogens with two attached hydrogens (primary N) is 1. The minimum absolute atomic E-state index is 0.0971. The van der Waals surface area contributed by atoms with Gasteiger partial charge in [-0.3, -0.25) is 0 Å². The monoisotopic (exact) mass is 279 g/mol. The predicted molar refractivity (Wildman–Crippen MR) is 78.8 cm³/mol.